The first-order valence-corrected chi connectivity index (χ1v) is 7.05. The second kappa shape index (κ2) is 9.03. The smallest absolute Gasteiger partial charge is 0.314 e. The van der Waals surface area contributed by atoms with Gasteiger partial charge < -0.3 is 5.32 Å². The van der Waals surface area contributed by atoms with E-state index in [4.69, 9.17) is 0 Å². The normalized spacial score (nSPS) is 16.9. The van der Waals surface area contributed by atoms with Crippen LogP contribution >= 0.6 is 40.7 Å². The van der Waals surface area contributed by atoms with Crippen molar-refractivity contribution in [3.05, 3.63) is 38.3 Å². The lowest BCUT2D eigenvalue weighted by Crippen LogP contribution is -2.49. The van der Waals surface area contributed by atoms with Crippen LogP contribution in [0.15, 0.2) is 22.7 Å². The molecule has 2 rings (SSSR count). The number of benzene rings is 1. The zero-order chi connectivity index (χ0) is 15.6. The predicted octanol–water partition coefficient (Wildman–Crippen LogP) is 3.71. The molecule has 1 saturated heterocycles. The molecule has 1 heterocycles. The minimum atomic E-state index is -4.49. The van der Waals surface area contributed by atoms with Crippen molar-refractivity contribution in [1.82, 2.24) is 10.2 Å². The second-order valence-electron chi connectivity index (χ2n) is 4.70. The number of nitrogens with zero attached hydrogens (tertiary/aromatic N) is 2. The third-order valence-corrected chi connectivity index (χ3v) is 3.98. The van der Waals surface area contributed by atoms with Gasteiger partial charge >= 0.3 is 6.18 Å². The predicted molar refractivity (Wildman–Crippen MR) is 88.5 cm³/mol. The van der Waals surface area contributed by atoms with Gasteiger partial charge in [0, 0.05) is 32.2 Å². The SMILES string of the molecule is Cl.Cl.O=[N+]([O-])c1cc([C@@H](N2CCNCC2)C(F)(F)F)ccc1Br. The molecule has 0 saturated carbocycles. The Hall–Kier alpha value is -0.610. The van der Waals surface area contributed by atoms with Gasteiger partial charge in [0.1, 0.15) is 6.04 Å². The topological polar surface area (TPSA) is 58.4 Å². The molecule has 0 unspecified atom stereocenters. The summed E-state index contributed by atoms with van der Waals surface area (Å²) < 4.78 is 40.3. The van der Waals surface area contributed by atoms with Gasteiger partial charge in [-0.25, -0.2) is 0 Å². The van der Waals surface area contributed by atoms with Gasteiger partial charge in [0.25, 0.3) is 5.69 Å². The molecule has 1 aliphatic heterocycles. The van der Waals surface area contributed by atoms with E-state index >= 15 is 0 Å². The average Bonchev–Trinajstić information content (AvgIpc) is 2.40. The molecule has 23 heavy (non-hydrogen) atoms. The molecule has 1 aromatic rings. The quantitative estimate of drug-likeness (QED) is 0.575. The van der Waals surface area contributed by atoms with Crippen LogP contribution in [0.2, 0.25) is 0 Å². The molecule has 1 fully saturated rings. The summed E-state index contributed by atoms with van der Waals surface area (Å²) in [7, 11) is 0. The van der Waals surface area contributed by atoms with Gasteiger partial charge in [-0.05, 0) is 27.6 Å². The van der Waals surface area contributed by atoms with E-state index in [9.17, 15) is 23.3 Å². The number of nitro benzene ring substituents is 1. The molecular weight excluding hydrogens is 426 g/mol. The molecule has 0 spiro atoms. The van der Waals surface area contributed by atoms with Gasteiger partial charge in [0.15, 0.2) is 0 Å². The lowest BCUT2D eigenvalue weighted by atomic mass is 10.0. The van der Waals surface area contributed by atoms with E-state index in [2.05, 4.69) is 21.2 Å². The Kier molecular flexibility index (Phi) is 8.79. The lowest BCUT2D eigenvalue weighted by Gasteiger charge is -2.36. The minimum absolute atomic E-state index is 0. The highest BCUT2D eigenvalue weighted by molar-refractivity contribution is 9.10. The Morgan fingerprint density at radius 1 is 1.26 bits per heavy atom. The highest BCUT2D eigenvalue weighted by Gasteiger charge is 2.45. The van der Waals surface area contributed by atoms with Crippen LogP contribution in [0.5, 0.6) is 0 Å². The standard InChI is InChI=1S/C12H13BrF3N3O2.2ClH/c13-9-2-1-8(7-10(9)19(20)21)11(12(14,15)16)18-5-3-17-4-6-18;;/h1-2,7,11,17H,3-6H2;2*1H/t11-;;/m1../s1. The van der Waals surface area contributed by atoms with Crippen LogP contribution < -0.4 is 5.32 Å². The fourth-order valence-corrected chi connectivity index (χ4v) is 2.78. The van der Waals surface area contributed by atoms with E-state index in [1.807, 2.05) is 0 Å². The summed E-state index contributed by atoms with van der Waals surface area (Å²) in [5.41, 5.74) is -0.476. The Morgan fingerprint density at radius 2 is 1.83 bits per heavy atom. The monoisotopic (exact) mass is 439 g/mol. The van der Waals surface area contributed by atoms with Crippen LogP contribution in [0.3, 0.4) is 0 Å². The summed E-state index contributed by atoms with van der Waals surface area (Å²) >= 11 is 2.98. The first-order valence-electron chi connectivity index (χ1n) is 6.26. The second-order valence-corrected chi connectivity index (χ2v) is 5.55. The summed E-state index contributed by atoms with van der Waals surface area (Å²) in [5, 5.41) is 13.9. The van der Waals surface area contributed by atoms with Crippen LogP contribution in [0.4, 0.5) is 18.9 Å². The van der Waals surface area contributed by atoms with Crippen LogP contribution in [-0.2, 0) is 0 Å². The van der Waals surface area contributed by atoms with Crippen molar-refractivity contribution in [3.63, 3.8) is 0 Å². The molecule has 0 amide bonds. The average molecular weight is 441 g/mol. The van der Waals surface area contributed by atoms with Crippen molar-refractivity contribution in [2.75, 3.05) is 26.2 Å². The fraction of sp³-hybridized carbons (Fsp3) is 0.500. The molecule has 1 aromatic carbocycles. The summed E-state index contributed by atoms with van der Waals surface area (Å²) in [6.45, 7) is 1.42. The molecule has 1 N–H and O–H groups in total. The molecule has 0 aliphatic carbocycles. The molecule has 1 atom stereocenters. The van der Waals surface area contributed by atoms with E-state index in [1.54, 1.807) is 0 Å². The first-order chi connectivity index (χ1) is 9.80. The maximum Gasteiger partial charge on any atom is 0.408 e. The molecular formula is C12H15BrCl2F3N3O2. The van der Waals surface area contributed by atoms with Gasteiger partial charge in [-0.2, -0.15) is 13.2 Å². The molecule has 11 heteroatoms. The number of nitrogens with one attached hydrogen (secondary N) is 1. The maximum absolute atomic E-state index is 13.4. The molecule has 0 aromatic heterocycles. The van der Waals surface area contributed by atoms with Crippen molar-refractivity contribution in [2.45, 2.75) is 12.2 Å². The zero-order valence-electron chi connectivity index (χ0n) is 11.7. The van der Waals surface area contributed by atoms with E-state index in [-0.39, 0.29) is 53.6 Å². The van der Waals surface area contributed by atoms with Gasteiger partial charge in [0.05, 0.1) is 9.40 Å². The zero-order valence-corrected chi connectivity index (χ0v) is 14.9. The Labute approximate surface area is 151 Å². The van der Waals surface area contributed by atoms with Crippen molar-refractivity contribution in [2.24, 2.45) is 0 Å². The first kappa shape index (κ1) is 22.4. The third-order valence-electron chi connectivity index (χ3n) is 3.31. The highest BCUT2D eigenvalue weighted by Crippen LogP contribution is 2.40. The van der Waals surface area contributed by atoms with Crippen molar-refractivity contribution >= 4 is 46.4 Å². The van der Waals surface area contributed by atoms with E-state index in [0.717, 1.165) is 6.07 Å². The molecule has 0 radical (unpaired) electrons. The van der Waals surface area contributed by atoms with Crippen LogP contribution in [-0.4, -0.2) is 42.2 Å². The van der Waals surface area contributed by atoms with Crippen LogP contribution in [0, 0.1) is 10.1 Å². The Balaban J connectivity index is 0.00000242. The summed E-state index contributed by atoms with van der Waals surface area (Å²) in [5.74, 6) is 0. The fourth-order valence-electron chi connectivity index (χ4n) is 2.39. The van der Waals surface area contributed by atoms with E-state index < -0.39 is 17.1 Å². The number of alkyl halides is 3. The lowest BCUT2D eigenvalue weighted by molar-refractivity contribution is -0.385. The van der Waals surface area contributed by atoms with Crippen LogP contribution in [0.25, 0.3) is 0 Å². The number of rotatable bonds is 3. The third kappa shape index (κ3) is 5.46. The van der Waals surface area contributed by atoms with Gasteiger partial charge in [-0.1, -0.05) is 6.07 Å². The van der Waals surface area contributed by atoms with Crippen molar-refractivity contribution in [3.8, 4) is 0 Å². The largest absolute Gasteiger partial charge is 0.408 e. The Bertz CT molecular complexity index is 543. The van der Waals surface area contributed by atoms with E-state index in [1.165, 1.54) is 17.0 Å². The van der Waals surface area contributed by atoms with Gasteiger partial charge in [-0.15, -0.1) is 24.8 Å². The molecule has 0 bridgehead atoms. The van der Waals surface area contributed by atoms with Crippen molar-refractivity contribution < 1.29 is 18.1 Å². The number of halogens is 6. The molecule has 1 aliphatic rings. The number of hydrogen-bond acceptors (Lipinski definition) is 4. The van der Waals surface area contributed by atoms with Crippen LogP contribution in [0.1, 0.15) is 11.6 Å². The van der Waals surface area contributed by atoms with Gasteiger partial charge in [-0.3, -0.25) is 15.0 Å². The van der Waals surface area contributed by atoms with E-state index in [0.29, 0.717) is 13.1 Å². The maximum atomic E-state index is 13.4. The molecule has 132 valence electrons. The summed E-state index contributed by atoms with van der Waals surface area (Å²) in [4.78, 5) is 11.5. The summed E-state index contributed by atoms with van der Waals surface area (Å²) in [6, 6.07) is 1.72. The minimum Gasteiger partial charge on any atom is -0.314 e. The molecule has 5 nitrogen and oxygen atoms in total. The number of hydrogen-bond donors (Lipinski definition) is 1. The Morgan fingerprint density at radius 3 is 2.30 bits per heavy atom. The highest BCUT2D eigenvalue weighted by atomic mass is 79.9. The van der Waals surface area contributed by atoms with Gasteiger partial charge in [0.2, 0.25) is 0 Å². The number of piperazine rings is 1. The van der Waals surface area contributed by atoms with Crippen molar-refractivity contribution in [1.29, 1.82) is 0 Å². The number of nitro groups is 1. The summed E-state index contributed by atoms with van der Waals surface area (Å²) in [6.07, 6.45) is -4.49.